The quantitative estimate of drug-likeness (QED) is 0.114. The van der Waals surface area contributed by atoms with Gasteiger partial charge >= 0.3 is 35.0 Å². The van der Waals surface area contributed by atoms with Crippen molar-refractivity contribution in [1.29, 1.82) is 0 Å². The molecule has 2 aliphatic heterocycles. The number of carbonyl (C=O) groups excluding carboxylic acids is 3. The number of aromatic nitrogens is 3. The van der Waals surface area contributed by atoms with Gasteiger partial charge in [-0.15, -0.1) is 38.5 Å². The molecule has 8 bridgehead atoms. The number of Topliss-reactive ketones (excluding diaryl/α,β-unsaturated/α-hetero) is 1. The molecule has 3 aliphatic rings. The summed E-state index contributed by atoms with van der Waals surface area (Å²) in [6, 6.07) is -0.624. The first-order valence-corrected chi connectivity index (χ1v) is 19.5. The van der Waals surface area contributed by atoms with Gasteiger partial charge in [0.25, 0.3) is 0 Å². The number of hydrogen-bond donors (Lipinski definition) is 0. The number of ether oxygens (including phenoxy) is 2. The maximum absolute atomic E-state index is 14.3. The molecule has 1 unspecified atom stereocenters. The van der Waals surface area contributed by atoms with Gasteiger partial charge in [0.1, 0.15) is 12.5 Å². The van der Waals surface area contributed by atoms with Crippen molar-refractivity contribution in [2.24, 2.45) is 17.8 Å². The van der Waals surface area contributed by atoms with Crippen LogP contribution in [0.25, 0.3) is 29.1 Å². The van der Waals surface area contributed by atoms with E-state index in [1.165, 1.54) is 19.1 Å². The van der Waals surface area contributed by atoms with Crippen LogP contribution in [0.2, 0.25) is 0 Å². The van der Waals surface area contributed by atoms with E-state index < -0.39 is 17.9 Å². The second-order valence-electron chi connectivity index (χ2n) is 15.5. The van der Waals surface area contributed by atoms with Crippen LogP contribution in [-0.4, -0.2) is 60.5 Å². The van der Waals surface area contributed by atoms with Gasteiger partial charge in [0.2, 0.25) is 0 Å². The second-order valence-corrected chi connectivity index (χ2v) is 15.5. The van der Waals surface area contributed by atoms with Gasteiger partial charge < -0.3 is 29.7 Å². The number of hydrogen-bond acceptors (Lipinski definition) is 5. The normalized spacial score (nSPS) is 20.7. The first-order chi connectivity index (χ1) is 25.8. The zero-order chi connectivity index (χ0) is 39.0. The van der Waals surface area contributed by atoms with Crippen LogP contribution in [0.4, 0.5) is 0 Å². The second kappa shape index (κ2) is 17.4. The van der Waals surface area contributed by atoms with Crippen LogP contribution >= 0.6 is 0 Å². The Balaban J connectivity index is 0.00000580. The summed E-state index contributed by atoms with van der Waals surface area (Å²) in [4.78, 5) is 56.2. The summed E-state index contributed by atoms with van der Waals surface area (Å²) in [5, 5.41) is 8.08. The molecule has 0 amide bonds. The molecule has 5 heterocycles. The number of rotatable bonds is 12. The molecule has 55 heavy (non-hydrogen) atoms. The molecule has 0 saturated carbocycles. The van der Waals surface area contributed by atoms with Gasteiger partial charge in [0, 0.05) is 12.0 Å². The fourth-order valence-corrected chi connectivity index (χ4v) is 8.45. The molecule has 0 saturated heterocycles. The van der Waals surface area contributed by atoms with Crippen molar-refractivity contribution in [2.45, 2.75) is 113 Å². The molecule has 0 radical (unpaired) electrons. The third-order valence-electron chi connectivity index (χ3n) is 11.7. The molecule has 6 rings (SSSR count). The topological polar surface area (TPSA) is 126 Å². The van der Waals surface area contributed by atoms with Gasteiger partial charge in [-0.05, 0) is 84.6 Å². The van der Waals surface area contributed by atoms with E-state index in [2.05, 4.69) is 54.5 Å². The van der Waals surface area contributed by atoms with Gasteiger partial charge in [-0.25, -0.2) is 0 Å². The summed E-state index contributed by atoms with van der Waals surface area (Å²) in [6.45, 7) is 19.1. The average molecular weight is 755 g/mol. The van der Waals surface area contributed by atoms with E-state index >= 15 is 0 Å². The third-order valence-corrected chi connectivity index (χ3v) is 11.7. The van der Waals surface area contributed by atoms with Crippen LogP contribution in [0, 0.1) is 38.5 Å². The Morgan fingerprint density at radius 3 is 2.24 bits per heavy atom. The van der Waals surface area contributed by atoms with Gasteiger partial charge in [-0.3, -0.25) is 14.4 Å². The largest absolute Gasteiger partial charge is 2.00 e. The first-order valence-electron chi connectivity index (χ1n) is 19.5. The zero-order valence-electron chi connectivity index (χ0n) is 34.3. The summed E-state index contributed by atoms with van der Waals surface area (Å²) < 4.78 is 10.9. The van der Waals surface area contributed by atoms with Gasteiger partial charge in [0.05, 0.1) is 7.11 Å². The Morgan fingerprint density at radius 1 is 0.873 bits per heavy atom. The minimum atomic E-state index is -1.18. The monoisotopic (exact) mass is 754 g/mol. The van der Waals surface area contributed by atoms with Crippen LogP contribution in [-0.2, 0) is 31.9 Å². The Labute approximate surface area is 341 Å². The molecule has 3 aromatic heterocycles. The molecule has 3 atom stereocenters. The minimum absolute atomic E-state index is 0. The number of allylic oxidation sites excluding steroid dienone is 2. The van der Waals surface area contributed by atoms with E-state index in [1.807, 2.05) is 32.1 Å². The van der Waals surface area contributed by atoms with Gasteiger partial charge in [-0.1, -0.05) is 103 Å². The Hall–Kier alpha value is -4.02. The number of fused-ring (bicyclic) bond motifs is 8. The molecular weight excluding hydrogens is 701 g/mol. The zero-order valence-corrected chi connectivity index (χ0v) is 35.7. The van der Waals surface area contributed by atoms with E-state index in [9.17, 15) is 14.4 Å². The van der Waals surface area contributed by atoms with E-state index in [0.29, 0.717) is 39.7 Å². The van der Waals surface area contributed by atoms with Gasteiger partial charge in [0.15, 0.2) is 5.78 Å². The number of nitrogens with zero attached hydrogens (tertiary/aromatic N) is 4. The minimum Gasteiger partial charge on any atom is -0.678 e. The average Bonchev–Trinajstić information content (AvgIpc) is 3.87. The predicted octanol–water partition coefficient (Wildman–Crippen LogP) is 4.56. The van der Waals surface area contributed by atoms with Crippen molar-refractivity contribution in [3.8, 4) is 0 Å². The summed E-state index contributed by atoms with van der Waals surface area (Å²) in [5.74, 6) is -2.08. The van der Waals surface area contributed by atoms with Crippen LogP contribution < -0.4 is 36.3 Å². The van der Waals surface area contributed by atoms with E-state index in [1.54, 1.807) is 0 Å². The Bertz CT molecular complexity index is 2310. The smallest absolute Gasteiger partial charge is 0.678 e. The molecular formula is C45H54MgN4O5-2. The van der Waals surface area contributed by atoms with Crippen LogP contribution in [0.1, 0.15) is 123 Å². The molecule has 3 aromatic rings. The molecule has 10 heteroatoms. The first kappa shape index (κ1) is 42.1. The van der Waals surface area contributed by atoms with Crippen LogP contribution in [0.3, 0.4) is 0 Å². The molecule has 288 valence electrons. The van der Waals surface area contributed by atoms with Crippen LogP contribution in [0.15, 0.2) is 22.9 Å². The third kappa shape index (κ3) is 8.13. The molecule has 0 fully saturated rings. The maximum atomic E-state index is 14.3. The van der Waals surface area contributed by atoms with Crippen LogP contribution in [0.5, 0.6) is 0 Å². The maximum Gasteiger partial charge on any atom is 2.00 e. The Morgan fingerprint density at radius 2 is 1.56 bits per heavy atom. The Kier molecular flexibility index (Phi) is 13.3. The van der Waals surface area contributed by atoms with Crippen molar-refractivity contribution >= 4 is 64.6 Å². The van der Waals surface area contributed by atoms with Gasteiger partial charge in [-0.2, -0.15) is 0 Å². The van der Waals surface area contributed by atoms with Crippen molar-refractivity contribution in [1.82, 2.24) is 15.0 Å². The van der Waals surface area contributed by atoms with Crippen molar-refractivity contribution in [2.75, 3.05) is 13.7 Å². The summed E-state index contributed by atoms with van der Waals surface area (Å²) in [7, 11) is 1.30. The number of methoxy groups -OCH3 is 1. The molecule has 0 aromatic carbocycles. The van der Waals surface area contributed by atoms with E-state index in [-0.39, 0.29) is 53.8 Å². The predicted molar refractivity (Wildman–Crippen MR) is 217 cm³/mol. The fourth-order valence-electron chi connectivity index (χ4n) is 8.45. The number of carbonyl (C=O) groups is 3. The summed E-state index contributed by atoms with van der Waals surface area (Å²) >= 11 is 0. The molecule has 0 spiro atoms. The van der Waals surface area contributed by atoms with Crippen molar-refractivity contribution in [3.05, 3.63) is 94.4 Å². The summed E-state index contributed by atoms with van der Waals surface area (Å²) in [5.41, 5.74) is 10.6. The molecule has 0 N–H and O–H groups in total. The number of ketones is 1. The van der Waals surface area contributed by atoms with E-state index in [0.717, 1.165) is 81.3 Å². The fraction of sp³-hybridized carbons (Fsp3) is 0.489. The van der Waals surface area contributed by atoms with Crippen molar-refractivity contribution in [3.63, 3.8) is 0 Å². The molecule has 1 aliphatic carbocycles. The summed E-state index contributed by atoms with van der Waals surface area (Å²) in [6.07, 6.45) is 13.4. The standard InChI is InChI=1S/C45H55N4O5.Mg/c1-11-29-25(6)32-20-34-27(8)31(16-17-38(50)54-19-18-24(5)15-13-14-23(3)4)42(48-34)40-41(45(52)53-10)44(51)39-28(9)35(49-43(39)40)22-37-30(12-2)26(7)33(47-37)21-36(29)46-32;/h18,20-23,31,41-42H,11-17,19H2,1-10H3,(H-,46,47,51);/q-3;+2/p-1/b24-18+,32-20-;/t31-,41+,42?;/m0./s1. The SMILES string of the molecule is CCc1c2[n-]c(c1C)/C=c1\[n-]/c(c(C)c1CC)=C\C1=C(C)[C@H](CCC(=O)OC/C=C(\C)CCCC(C)C)C([N-]1)C1=c3[n-]/c(c(C)c3C(=O)[C@@H]1C(=O)OC)=C\2.[Mg+2]. The van der Waals surface area contributed by atoms with Crippen molar-refractivity contribution < 1.29 is 23.9 Å². The van der Waals surface area contributed by atoms with E-state index in [4.69, 9.17) is 29.7 Å². The molecule has 9 nitrogen and oxygen atoms in total. The number of esters is 2.